The van der Waals surface area contributed by atoms with E-state index in [2.05, 4.69) is 10.2 Å². The molecule has 2 rings (SSSR count). The Morgan fingerprint density at radius 3 is 2.71 bits per heavy atom. The quantitative estimate of drug-likeness (QED) is 0.570. The molecule has 0 spiro atoms. The highest BCUT2D eigenvalue weighted by Crippen LogP contribution is 2.15. The van der Waals surface area contributed by atoms with Crippen molar-refractivity contribution < 1.29 is 9.53 Å². The first kappa shape index (κ1) is 9.89. The lowest BCUT2D eigenvalue weighted by Gasteiger charge is -2.44. The van der Waals surface area contributed by atoms with E-state index in [0.717, 1.165) is 19.6 Å². The van der Waals surface area contributed by atoms with Crippen LogP contribution in [0.25, 0.3) is 0 Å². The Kier molecular flexibility index (Phi) is 2.71. The van der Waals surface area contributed by atoms with E-state index in [1.165, 1.54) is 0 Å². The van der Waals surface area contributed by atoms with Gasteiger partial charge in [-0.3, -0.25) is 9.69 Å². The molecule has 2 atom stereocenters. The second kappa shape index (κ2) is 3.84. The summed E-state index contributed by atoms with van der Waals surface area (Å²) < 4.78 is 5.46. The first-order chi connectivity index (χ1) is 6.66. The first-order valence-electron chi connectivity index (χ1n) is 5.06. The Bertz CT molecular complexity index is 230. The van der Waals surface area contributed by atoms with E-state index < -0.39 is 6.10 Å². The third-order valence-electron chi connectivity index (χ3n) is 2.88. The number of rotatable bonds is 2. The van der Waals surface area contributed by atoms with Gasteiger partial charge in [0.05, 0.1) is 6.10 Å². The molecule has 5 heteroatoms. The van der Waals surface area contributed by atoms with Crippen molar-refractivity contribution in [3.8, 4) is 0 Å². The monoisotopic (exact) mass is 199 g/mol. The van der Waals surface area contributed by atoms with Crippen molar-refractivity contribution in [3.05, 3.63) is 0 Å². The van der Waals surface area contributed by atoms with Crippen molar-refractivity contribution in [2.24, 2.45) is 5.73 Å². The molecule has 2 aliphatic heterocycles. The second-order valence-corrected chi connectivity index (χ2v) is 4.10. The van der Waals surface area contributed by atoms with Crippen LogP contribution in [0.1, 0.15) is 6.92 Å². The van der Waals surface area contributed by atoms with Crippen LogP contribution in [-0.4, -0.2) is 55.2 Å². The van der Waals surface area contributed by atoms with Crippen molar-refractivity contribution in [3.63, 3.8) is 0 Å². The lowest BCUT2D eigenvalue weighted by Crippen LogP contribution is -2.63. The van der Waals surface area contributed by atoms with Gasteiger partial charge in [0.1, 0.15) is 6.10 Å². The number of nitrogens with two attached hydrogens (primary N) is 1. The zero-order chi connectivity index (χ0) is 10.1. The molecule has 0 bridgehead atoms. The van der Waals surface area contributed by atoms with Gasteiger partial charge >= 0.3 is 0 Å². The van der Waals surface area contributed by atoms with E-state index in [9.17, 15) is 4.79 Å². The molecule has 1 amide bonds. The summed E-state index contributed by atoms with van der Waals surface area (Å²) in [5.74, 6) is -0.353. The highest BCUT2D eigenvalue weighted by Gasteiger charge is 2.34. The Morgan fingerprint density at radius 2 is 2.21 bits per heavy atom. The number of hydrogen-bond acceptors (Lipinski definition) is 4. The zero-order valence-electron chi connectivity index (χ0n) is 8.40. The largest absolute Gasteiger partial charge is 0.367 e. The molecule has 2 aliphatic rings. The fourth-order valence-electron chi connectivity index (χ4n) is 1.97. The van der Waals surface area contributed by atoms with E-state index in [4.69, 9.17) is 10.5 Å². The predicted molar refractivity (Wildman–Crippen MR) is 51.8 cm³/mol. The summed E-state index contributed by atoms with van der Waals surface area (Å²) in [5, 5.41) is 3.22. The molecule has 5 nitrogen and oxygen atoms in total. The Hall–Kier alpha value is -0.650. The number of nitrogens with zero attached hydrogens (tertiary/aromatic N) is 1. The number of ether oxygens (including phenoxy) is 1. The van der Waals surface area contributed by atoms with Gasteiger partial charge in [-0.15, -0.1) is 0 Å². The number of morpholine rings is 1. The molecule has 3 N–H and O–H groups in total. The first-order valence-corrected chi connectivity index (χ1v) is 5.06. The Morgan fingerprint density at radius 1 is 1.50 bits per heavy atom. The average Bonchev–Trinajstić information content (AvgIpc) is 1.99. The molecular weight excluding hydrogens is 182 g/mol. The molecule has 0 saturated carbocycles. The van der Waals surface area contributed by atoms with Crippen molar-refractivity contribution in [1.29, 1.82) is 0 Å². The number of carbonyl (C=O) groups excluding carboxylic acids is 1. The molecule has 1 unspecified atom stereocenters. The minimum absolute atomic E-state index is 0.0989. The fourth-order valence-corrected chi connectivity index (χ4v) is 1.97. The summed E-state index contributed by atoms with van der Waals surface area (Å²) >= 11 is 0. The molecule has 80 valence electrons. The maximum absolute atomic E-state index is 11.0. The third kappa shape index (κ3) is 1.89. The molecule has 0 aromatic carbocycles. The summed E-state index contributed by atoms with van der Waals surface area (Å²) in [6.45, 7) is 5.55. The highest BCUT2D eigenvalue weighted by molar-refractivity contribution is 5.79. The van der Waals surface area contributed by atoms with Crippen LogP contribution >= 0.6 is 0 Å². The van der Waals surface area contributed by atoms with E-state index >= 15 is 0 Å². The molecule has 0 aliphatic carbocycles. The van der Waals surface area contributed by atoms with Gasteiger partial charge < -0.3 is 15.8 Å². The fraction of sp³-hybridized carbons (Fsp3) is 0.889. The summed E-state index contributed by atoms with van der Waals surface area (Å²) in [6.07, 6.45) is -0.332. The SMILES string of the molecule is C[C@@H]1CN(C2CNC2)CC(C(N)=O)O1. The average molecular weight is 199 g/mol. The third-order valence-corrected chi connectivity index (χ3v) is 2.88. The van der Waals surface area contributed by atoms with Gasteiger partial charge in [0.2, 0.25) is 5.91 Å². The molecule has 0 aromatic heterocycles. The minimum atomic E-state index is -0.431. The van der Waals surface area contributed by atoms with Gasteiger partial charge in [0.25, 0.3) is 0 Å². The van der Waals surface area contributed by atoms with Crippen LogP contribution in [0.2, 0.25) is 0 Å². The number of nitrogens with one attached hydrogen (secondary N) is 1. The lowest BCUT2D eigenvalue weighted by atomic mass is 10.1. The standard InChI is InChI=1S/C9H17N3O2/c1-6-4-12(7-2-11-3-7)5-8(14-6)9(10)13/h6-8,11H,2-5H2,1H3,(H2,10,13)/t6-,8?/m1/s1. The number of primary amides is 1. The van der Waals surface area contributed by atoms with Gasteiger partial charge in [-0.2, -0.15) is 0 Å². The highest BCUT2D eigenvalue weighted by atomic mass is 16.5. The van der Waals surface area contributed by atoms with Gasteiger partial charge in [-0.05, 0) is 6.92 Å². The van der Waals surface area contributed by atoms with E-state index in [1.807, 2.05) is 6.92 Å². The van der Waals surface area contributed by atoms with Gasteiger partial charge in [-0.25, -0.2) is 0 Å². The van der Waals surface area contributed by atoms with Crippen LogP contribution in [0.3, 0.4) is 0 Å². The summed E-state index contributed by atoms with van der Waals surface area (Å²) in [7, 11) is 0. The number of hydrogen-bond donors (Lipinski definition) is 2. The lowest BCUT2D eigenvalue weighted by molar-refractivity contribution is -0.145. The van der Waals surface area contributed by atoms with Crippen molar-refractivity contribution in [2.45, 2.75) is 25.2 Å². The predicted octanol–water partition coefficient (Wildman–Crippen LogP) is -1.47. The summed E-state index contributed by atoms with van der Waals surface area (Å²) in [5.41, 5.74) is 5.25. The molecule has 14 heavy (non-hydrogen) atoms. The molecule has 2 fully saturated rings. The van der Waals surface area contributed by atoms with Gasteiger partial charge in [-0.1, -0.05) is 0 Å². The van der Waals surface area contributed by atoms with Crippen LogP contribution in [0.15, 0.2) is 0 Å². The number of amides is 1. The van der Waals surface area contributed by atoms with E-state index in [0.29, 0.717) is 12.6 Å². The molecular formula is C9H17N3O2. The number of carbonyl (C=O) groups is 1. The Labute approximate surface area is 83.6 Å². The Balaban J connectivity index is 1.94. The van der Waals surface area contributed by atoms with E-state index in [-0.39, 0.29) is 12.0 Å². The summed E-state index contributed by atoms with van der Waals surface area (Å²) in [4.78, 5) is 13.3. The van der Waals surface area contributed by atoms with Crippen molar-refractivity contribution >= 4 is 5.91 Å². The van der Waals surface area contributed by atoms with E-state index in [1.54, 1.807) is 0 Å². The van der Waals surface area contributed by atoms with Gasteiger partial charge in [0.15, 0.2) is 0 Å². The van der Waals surface area contributed by atoms with Crippen LogP contribution < -0.4 is 11.1 Å². The molecule has 0 radical (unpaired) electrons. The second-order valence-electron chi connectivity index (χ2n) is 4.10. The van der Waals surface area contributed by atoms with Gasteiger partial charge in [0, 0.05) is 32.2 Å². The van der Waals surface area contributed by atoms with Crippen LogP contribution in [0, 0.1) is 0 Å². The summed E-state index contributed by atoms with van der Waals surface area (Å²) in [6, 6.07) is 0.559. The maximum Gasteiger partial charge on any atom is 0.247 e. The van der Waals surface area contributed by atoms with Crippen LogP contribution in [0.4, 0.5) is 0 Å². The molecule has 0 aromatic rings. The molecule has 2 heterocycles. The normalized spacial score (nSPS) is 35.2. The zero-order valence-corrected chi connectivity index (χ0v) is 8.40. The minimum Gasteiger partial charge on any atom is -0.367 e. The van der Waals surface area contributed by atoms with Crippen molar-refractivity contribution in [1.82, 2.24) is 10.2 Å². The maximum atomic E-state index is 11.0. The molecule has 2 saturated heterocycles. The smallest absolute Gasteiger partial charge is 0.247 e. The van der Waals surface area contributed by atoms with Crippen LogP contribution in [0.5, 0.6) is 0 Å². The topological polar surface area (TPSA) is 67.6 Å². The van der Waals surface area contributed by atoms with Crippen molar-refractivity contribution in [2.75, 3.05) is 26.2 Å². The van der Waals surface area contributed by atoms with Crippen LogP contribution in [-0.2, 0) is 9.53 Å².